The predicted molar refractivity (Wildman–Crippen MR) is 107 cm³/mol. The number of hydrogen-bond acceptors (Lipinski definition) is 6. The minimum absolute atomic E-state index is 0.127. The van der Waals surface area contributed by atoms with Gasteiger partial charge in [-0.25, -0.2) is 0 Å². The monoisotopic (exact) mass is 399 g/mol. The fraction of sp³-hybridized carbons (Fsp3) is 0.429. The molecule has 1 aromatic carbocycles. The second-order valence-corrected chi connectivity index (χ2v) is 7.73. The van der Waals surface area contributed by atoms with Crippen molar-refractivity contribution in [3.63, 3.8) is 0 Å². The molecule has 2 atom stereocenters. The minimum atomic E-state index is -0.390. The number of fused-ring (bicyclic) bond motifs is 1. The smallest absolute Gasteiger partial charge is 0.268 e. The van der Waals surface area contributed by atoms with Crippen molar-refractivity contribution in [1.29, 1.82) is 0 Å². The maximum atomic E-state index is 13.3. The first-order valence-electron chi connectivity index (χ1n) is 9.61. The van der Waals surface area contributed by atoms with E-state index in [-0.39, 0.29) is 42.5 Å². The SMILES string of the molecule is Cc1ccn(-c2ccc3c(c2)OCO3)c(=O)c1C(=O)N1C[C@@H](N(C)C)C[C@H]1CO. The summed E-state index contributed by atoms with van der Waals surface area (Å²) in [6, 6.07) is 6.83. The van der Waals surface area contributed by atoms with Crippen molar-refractivity contribution in [3.05, 3.63) is 51.9 Å². The van der Waals surface area contributed by atoms with Gasteiger partial charge in [0.05, 0.1) is 18.3 Å². The molecule has 1 saturated heterocycles. The fourth-order valence-corrected chi connectivity index (χ4v) is 3.96. The Morgan fingerprint density at radius 3 is 2.72 bits per heavy atom. The van der Waals surface area contributed by atoms with Crippen molar-refractivity contribution in [2.75, 3.05) is 34.0 Å². The Bertz CT molecular complexity index is 1000. The third kappa shape index (κ3) is 3.38. The van der Waals surface area contributed by atoms with Crippen molar-refractivity contribution in [1.82, 2.24) is 14.4 Å². The summed E-state index contributed by atoms with van der Waals surface area (Å²) in [6.07, 6.45) is 2.33. The van der Waals surface area contributed by atoms with E-state index in [1.54, 1.807) is 42.3 Å². The van der Waals surface area contributed by atoms with E-state index in [2.05, 4.69) is 0 Å². The zero-order valence-corrected chi connectivity index (χ0v) is 16.8. The van der Waals surface area contributed by atoms with E-state index in [0.717, 1.165) is 0 Å². The number of benzene rings is 1. The summed E-state index contributed by atoms with van der Waals surface area (Å²) in [5.74, 6) is 0.852. The summed E-state index contributed by atoms with van der Waals surface area (Å²) in [6.45, 7) is 2.26. The summed E-state index contributed by atoms with van der Waals surface area (Å²) < 4.78 is 12.2. The molecule has 0 saturated carbocycles. The largest absolute Gasteiger partial charge is 0.454 e. The molecule has 0 unspecified atom stereocenters. The second-order valence-electron chi connectivity index (χ2n) is 7.73. The standard InChI is InChI=1S/C21H25N3O5/c1-13-6-7-23(14-4-5-17-18(9-14)29-12-28-17)20(26)19(13)21(27)24-10-15(22(2)3)8-16(24)11-25/h4-7,9,15-16,25H,8,10-12H2,1-3H3/t15-,16-/m0/s1. The summed E-state index contributed by atoms with van der Waals surface area (Å²) in [5, 5.41) is 9.77. The Morgan fingerprint density at radius 1 is 1.24 bits per heavy atom. The Balaban J connectivity index is 1.72. The van der Waals surface area contributed by atoms with E-state index in [1.807, 2.05) is 19.0 Å². The lowest BCUT2D eigenvalue weighted by Crippen LogP contribution is -2.42. The number of hydrogen-bond donors (Lipinski definition) is 1. The first kappa shape index (κ1) is 19.5. The minimum Gasteiger partial charge on any atom is -0.454 e. The maximum Gasteiger partial charge on any atom is 0.268 e. The van der Waals surface area contributed by atoms with Gasteiger partial charge in [0.15, 0.2) is 11.5 Å². The van der Waals surface area contributed by atoms with Gasteiger partial charge in [0.25, 0.3) is 11.5 Å². The molecule has 8 heteroatoms. The summed E-state index contributed by atoms with van der Waals surface area (Å²) in [7, 11) is 3.90. The molecule has 3 heterocycles. The van der Waals surface area contributed by atoms with Crippen LogP contribution in [0.1, 0.15) is 22.3 Å². The maximum absolute atomic E-state index is 13.3. The number of likely N-dealkylation sites (tertiary alicyclic amines) is 1. The van der Waals surface area contributed by atoms with Crippen LogP contribution in [0.3, 0.4) is 0 Å². The number of nitrogens with zero attached hydrogens (tertiary/aromatic N) is 3. The highest BCUT2D eigenvalue weighted by Crippen LogP contribution is 2.33. The lowest BCUT2D eigenvalue weighted by molar-refractivity contribution is 0.0670. The van der Waals surface area contributed by atoms with Crippen LogP contribution in [0, 0.1) is 6.92 Å². The molecule has 0 spiro atoms. The van der Waals surface area contributed by atoms with Crippen molar-refractivity contribution in [2.45, 2.75) is 25.4 Å². The van der Waals surface area contributed by atoms with Crippen molar-refractivity contribution >= 4 is 5.91 Å². The van der Waals surface area contributed by atoms with Crippen LogP contribution in [0.15, 0.2) is 35.3 Å². The van der Waals surface area contributed by atoms with Crippen LogP contribution in [0.25, 0.3) is 5.69 Å². The van der Waals surface area contributed by atoms with Crippen LogP contribution in [-0.4, -0.2) is 71.5 Å². The van der Waals surface area contributed by atoms with Crippen LogP contribution < -0.4 is 15.0 Å². The molecule has 4 rings (SSSR count). The average Bonchev–Trinajstić information content (AvgIpc) is 3.34. The molecule has 0 bridgehead atoms. The summed E-state index contributed by atoms with van der Waals surface area (Å²) >= 11 is 0. The van der Waals surface area contributed by atoms with Gasteiger partial charge in [-0.05, 0) is 51.2 Å². The molecule has 1 N–H and O–H groups in total. The van der Waals surface area contributed by atoms with E-state index in [9.17, 15) is 14.7 Å². The number of carbonyl (C=O) groups excluding carboxylic acids is 1. The number of pyridine rings is 1. The Morgan fingerprint density at radius 2 is 2.00 bits per heavy atom. The summed E-state index contributed by atoms with van der Waals surface area (Å²) in [5.41, 5.74) is 0.948. The third-order valence-corrected chi connectivity index (χ3v) is 5.74. The molecule has 2 aromatic rings. The van der Waals surface area contributed by atoms with Gasteiger partial charge in [0, 0.05) is 24.8 Å². The normalized spacial score (nSPS) is 20.5. The second kappa shape index (κ2) is 7.53. The lowest BCUT2D eigenvalue weighted by Gasteiger charge is -2.24. The van der Waals surface area contributed by atoms with Gasteiger partial charge in [-0.2, -0.15) is 0 Å². The Kier molecular flexibility index (Phi) is 5.06. The Hall–Kier alpha value is -2.84. The first-order valence-corrected chi connectivity index (χ1v) is 9.61. The quantitative estimate of drug-likeness (QED) is 0.826. The molecule has 0 aliphatic carbocycles. The van der Waals surface area contributed by atoms with E-state index in [4.69, 9.17) is 9.47 Å². The van der Waals surface area contributed by atoms with Crippen molar-refractivity contribution in [3.8, 4) is 17.2 Å². The topological polar surface area (TPSA) is 84.2 Å². The van der Waals surface area contributed by atoms with Gasteiger partial charge in [0.1, 0.15) is 5.56 Å². The molecule has 8 nitrogen and oxygen atoms in total. The number of aliphatic hydroxyl groups excluding tert-OH is 1. The molecule has 2 aliphatic rings. The highest BCUT2D eigenvalue weighted by atomic mass is 16.7. The molecule has 0 radical (unpaired) electrons. The van der Waals surface area contributed by atoms with Gasteiger partial charge in [-0.15, -0.1) is 0 Å². The van der Waals surface area contributed by atoms with E-state index in [1.165, 1.54) is 4.57 Å². The highest BCUT2D eigenvalue weighted by molar-refractivity contribution is 5.95. The average molecular weight is 399 g/mol. The molecular formula is C21H25N3O5. The first-order chi connectivity index (χ1) is 13.9. The van der Waals surface area contributed by atoms with Gasteiger partial charge in [-0.1, -0.05) is 0 Å². The number of ether oxygens (including phenoxy) is 2. The van der Waals surface area contributed by atoms with Gasteiger partial charge < -0.3 is 24.4 Å². The Labute approximate surface area is 168 Å². The van der Waals surface area contributed by atoms with Crippen LogP contribution in [0.4, 0.5) is 0 Å². The van der Waals surface area contributed by atoms with Crippen LogP contribution in [-0.2, 0) is 0 Å². The molecule has 1 aromatic heterocycles. The van der Waals surface area contributed by atoms with E-state index in [0.29, 0.717) is 35.7 Å². The number of aromatic nitrogens is 1. The van der Waals surface area contributed by atoms with E-state index >= 15 is 0 Å². The number of aryl methyl sites for hydroxylation is 1. The van der Waals surface area contributed by atoms with Gasteiger partial charge >= 0.3 is 0 Å². The predicted octanol–water partition coefficient (Wildman–Crippen LogP) is 1.01. The number of rotatable bonds is 4. The molecule has 29 heavy (non-hydrogen) atoms. The van der Waals surface area contributed by atoms with Gasteiger partial charge in [-0.3, -0.25) is 14.2 Å². The van der Waals surface area contributed by atoms with Crippen molar-refractivity contribution < 1.29 is 19.4 Å². The molecule has 1 fully saturated rings. The molecule has 154 valence electrons. The zero-order chi connectivity index (χ0) is 20.7. The third-order valence-electron chi connectivity index (χ3n) is 5.74. The fourth-order valence-electron chi connectivity index (χ4n) is 3.96. The number of amides is 1. The zero-order valence-electron chi connectivity index (χ0n) is 16.8. The number of carbonyl (C=O) groups is 1. The van der Waals surface area contributed by atoms with Crippen molar-refractivity contribution in [2.24, 2.45) is 0 Å². The van der Waals surface area contributed by atoms with Gasteiger partial charge in [0.2, 0.25) is 6.79 Å². The molecular weight excluding hydrogens is 374 g/mol. The van der Waals surface area contributed by atoms with Crippen LogP contribution in [0.2, 0.25) is 0 Å². The molecule has 2 aliphatic heterocycles. The lowest BCUT2D eigenvalue weighted by atomic mass is 10.1. The number of likely N-dealkylation sites (N-methyl/N-ethyl adjacent to an activating group) is 1. The summed E-state index contributed by atoms with van der Waals surface area (Å²) in [4.78, 5) is 30.3. The molecule has 1 amide bonds. The van der Waals surface area contributed by atoms with E-state index < -0.39 is 0 Å². The number of aliphatic hydroxyl groups is 1. The highest BCUT2D eigenvalue weighted by Gasteiger charge is 2.37. The van der Waals surface area contributed by atoms with Crippen LogP contribution >= 0.6 is 0 Å². The van der Waals surface area contributed by atoms with Crippen LogP contribution in [0.5, 0.6) is 11.5 Å².